The first-order valence-corrected chi connectivity index (χ1v) is 9.17. The standard InChI is InChI=1S/C20H34O2.Ni/c1-4-7-10-12-16-15-17(13-11-8-5-2)19(21)20(22)18(16)14-9-6-3;/h15,21-22H,4-14H2,1-3H3;/q;+2/p-2. The quantitative estimate of drug-likeness (QED) is 0.425. The number of rotatable bonds is 11. The summed E-state index contributed by atoms with van der Waals surface area (Å²) in [6, 6.07) is 2.06. The molecule has 0 unspecified atom stereocenters. The van der Waals surface area contributed by atoms with Gasteiger partial charge in [0.15, 0.2) is 0 Å². The number of aryl methyl sites for hydroxylation is 2. The van der Waals surface area contributed by atoms with E-state index in [1.54, 1.807) is 0 Å². The molecule has 0 amide bonds. The van der Waals surface area contributed by atoms with E-state index in [0.717, 1.165) is 74.5 Å². The molecule has 1 rings (SSSR count). The fourth-order valence-corrected chi connectivity index (χ4v) is 2.96. The van der Waals surface area contributed by atoms with E-state index in [2.05, 4.69) is 26.8 Å². The van der Waals surface area contributed by atoms with Gasteiger partial charge in [-0.25, -0.2) is 0 Å². The molecular weight excluding hydrogens is 331 g/mol. The third kappa shape index (κ3) is 7.16. The monoisotopic (exact) mass is 362 g/mol. The zero-order valence-electron chi connectivity index (χ0n) is 15.0. The summed E-state index contributed by atoms with van der Waals surface area (Å²) in [7, 11) is 0. The van der Waals surface area contributed by atoms with Crippen molar-refractivity contribution in [3.05, 3.63) is 22.8 Å². The first-order chi connectivity index (χ1) is 10.7. The fourth-order valence-electron chi connectivity index (χ4n) is 2.96. The van der Waals surface area contributed by atoms with Crippen LogP contribution in [0.5, 0.6) is 11.5 Å². The van der Waals surface area contributed by atoms with Gasteiger partial charge in [-0.1, -0.05) is 70.1 Å². The molecule has 0 bridgehead atoms. The minimum Gasteiger partial charge on any atom is -0.873 e. The second-order valence-corrected chi connectivity index (χ2v) is 6.35. The average molecular weight is 363 g/mol. The normalized spacial score (nSPS) is 10.6. The minimum absolute atomic E-state index is 0. The summed E-state index contributed by atoms with van der Waals surface area (Å²) in [6.45, 7) is 6.47. The third-order valence-corrected chi connectivity index (χ3v) is 4.39. The molecule has 0 spiro atoms. The molecular formula is C20H32NiO2. The van der Waals surface area contributed by atoms with Gasteiger partial charge in [-0.2, -0.15) is 0 Å². The van der Waals surface area contributed by atoms with E-state index < -0.39 is 0 Å². The molecule has 0 atom stereocenters. The van der Waals surface area contributed by atoms with Crippen LogP contribution in [0.25, 0.3) is 0 Å². The number of hydrogen-bond donors (Lipinski definition) is 0. The maximum Gasteiger partial charge on any atom is 2.00 e. The van der Waals surface area contributed by atoms with Crippen molar-refractivity contribution in [3.63, 3.8) is 0 Å². The van der Waals surface area contributed by atoms with Crippen molar-refractivity contribution in [2.24, 2.45) is 0 Å². The summed E-state index contributed by atoms with van der Waals surface area (Å²) in [4.78, 5) is 0. The summed E-state index contributed by atoms with van der Waals surface area (Å²) < 4.78 is 0. The molecule has 0 saturated heterocycles. The van der Waals surface area contributed by atoms with Crippen LogP contribution in [0.15, 0.2) is 6.07 Å². The zero-order chi connectivity index (χ0) is 16.4. The molecule has 1 aromatic rings. The van der Waals surface area contributed by atoms with E-state index in [-0.39, 0.29) is 28.0 Å². The van der Waals surface area contributed by atoms with E-state index in [0.29, 0.717) is 0 Å². The van der Waals surface area contributed by atoms with Gasteiger partial charge in [0.05, 0.1) is 0 Å². The van der Waals surface area contributed by atoms with Gasteiger partial charge in [0.25, 0.3) is 0 Å². The van der Waals surface area contributed by atoms with Gasteiger partial charge in [0, 0.05) is 0 Å². The Morgan fingerprint density at radius 2 is 1.17 bits per heavy atom. The molecule has 0 radical (unpaired) electrons. The number of unbranched alkanes of at least 4 members (excludes halogenated alkanes) is 5. The summed E-state index contributed by atoms with van der Waals surface area (Å²) in [5.74, 6) is -0.449. The Kier molecular flexibility index (Phi) is 12.3. The molecule has 1 aromatic carbocycles. The molecule has 0 N–H and O–H groups in total. The molecule has 0 aliphatic heterocycles. The van der Waals surface area contributed by atoms with Crippen LogP contribution in [0, 0.1) is 0 Å². The molecule has 134 valence electrons. The van der Waals surface area contributed by atoms with Gasteiger partial charge in [-0.05, 0) is 44.1 Å². The Balaban J connectivity index is 0.00000484. The van der Waals surface area contributed by atoms with Gasteiger partial charge in [-0.15, -0.1) is 11.5 Å². The van der Waals surface area contributed by atoms with E-state index in [4.69, 9.17) is 0 Å². The summed E-state index contributed by atoms with van der Waals surface area (Å²) in [5, 5.41) is 24.8. The van der Waals surface area contributed by atoms with Crippen LogP contribution in [0.1, 0.15) is 88.8 Å². The van der Waals surface area contributed by atoms with Crippen LogP contribution in [0.2, 0.25) is 0 Å². The Morgan fingerprint density at radius 3 is 1.70 bits per heavy atom. The van der Waals surface area contributed by atoms with E-state index in [9.17, 15) is 10.2 Å². The van der Waals surface area contributed by atoms with Gasteiger partial charge in [0.1, 0.15) is 0 Å². The Labute approximate surface area is 152 Å². The SMILES string of the molecule is CCCCCc1cc(CCCCC)c(CCCC)c([O-])c1[O-].[Ni+2]. The maximum absolute atomic E-state index is 12.5. The average Bonchev–Trinajstić information content (AvgIpc) is 2.52. The largest absolute Gasteiger partial charge is 2.00 e. The Bertz CT molecular complexity index is 444. The molecule has 0 fully saturated rings. The molecule has 2 nitrogen and oxygen atoms in total. The van der Waals surface area contributed by atoms with E-state index >= 15 is 0 Å². The van der Waals surface area contributed by atoms with Crippen molar-refractivity contribution >= 4 is 0 Å². The van der Waals surface area contributed by atoms with E-state index in [1.165, 1.54) is 12.8 Å². The van der Waals surface area contributed by atoms with Crippen LogP contribution in [-0.2, 0) is 35.8 Å². The van der Waals surface area contributed by atoms with Crippen molar-refractivity contribution in [3.8, 4) is 11.5 Å². The second-order valence-electron chi connectivity index (χ2n) is 6.35. The van der Waals surface area contributed by atoms with Crippen LogP contribution >= 0.6 is 0 Å². The third-order valence-electron chi connectivity index (χ3n) is 4.39. The number of hydrogen-bond acceptors (Lipinski definition) is 2. The Morgan fingerprint density at radius 1 is 0.652 bits per heavy atom. The zero-order valence-corrected chi connectivity index (χ0v) is 16.0. The van der Waals surface area contributed by atoms with Crippen molar-refractivity contribution in [2.45, 2.75) is 91.4 Å². The molecule has 0 aliphatic carbocycles. The minimum atomic E-state index is -0.235. The second kappa shape index (κ2) is 12.7. The topological polar surface area (TPSA) is 46.1 Å². The molecule has 0 aliphatic rings. The van der Waals surface area contributed by atoms with Gasteiger partial charge in [-0.3, -0.25) is 0 Å². The predicted molar refractivity (Wildman–Crippen MR) is 90.4 cm³/mol. The molecule has 0 saturated carbocycles. The molecule has 3 heteroatoms. The summed E-state index contributed by atoms with van der Waals surface area (Å²) >= 11 is 0. The summed E-state index contributed by atoms with van der Waals surface area (Å²) in [5.41, 5.74) is 2.71. The summed E-state index contributed by atoms with van der Waals surface area (Å²) in [6.07, 6.45) is 11.3. The van der Waals surface area contributed by atoms with Crippen LogP contribution < -0.4 is 10.2 Å². The number of benzene rings is 1. The van der Waals surface area contributed by atoms with E-state index in [1.807, 2.05) is 0 Å². The van der Waals surface area contributed by atoms with Crippen molar-refractivity contribution in [2.75, 3.05) is 0 Å². The first-order valence-electron chi connectivity index (χ1n) is 9.17. The Hall–Kier alpha value is -0.686. The van der Waals surface area contributed by atoms with Gasteiger partial charge >= 0.3 is 16.5 Å². The van der Waals surface area contributed by atoms with Crippen molar-refractivity contribution in [1.29, 1.82) is 0 Å². The predicted octanol–water partition coefficient (Wildman–Crippen LogP) is 4.64. The molecule has 0 heterocycles. The maximum atomic E-state index is 12.5. The van der Waals surface area contributed by atoms with Crippen molar-refractivity contribution in [1.82, 2.24) is 0 Å². The van der Waals surface area contributed by atoms with Crippen LogP contribution in [-0.4, -0.2) is 0 Å². The molecule has 0 aromatic heterocycles. The van der Waals surface area contributed by atoms with Crippen molar-refractivity contribution < 1.29 is 26.7 Å². The van der Waals surface area contributed by atoms with Crippen LogP contribution in [0.3, 0.4) is 0 Å². The first kappa shape index (κ1) is 22.3. The fraction of sp³-hybridized carbons (Fsp3) is 0.700. The van der Waals surface area contributed by atoms with Gasteiger partial charge < -0.3 is 10.2 Å². The smallest absolute Gasteiger partial charge is 0.873 e. The van der Waals surface area contributed by atoms with Gasteiger partial charge in [0.2, 0.25) is 0 Å². The van der Waals surface area contributed by atoms with Crippen LogP contribution in [0.4, 0.5) is 0 Å². The molecule has 23 heavy (non-hydrogen) atoms.